The van der Waals surface area contributed by atoms with Crippen molar-refractivity contribution in [3.05, 3.63) is 23.8 Å². The van der Waals surface area contributed by atoms with Gasteiger partial charge in [0.15, 0.2) is 0 Å². The second-order valence-electron chi connectivity index (χ2n) is 3.94. The van der Waals surface area contributed by atoms with Crippen LogP contribution in [0.3, 0.4) is 0 Å². The molecule has 0 aliphatic heterocycles. The summed E-state index contributed by atoms with van der Waals surface area (Å²) in [5.74, 6) is -3.10. The Morgan fingerprint density at radius 1 is 1.24 bits per heavy atom. The second-order valence-corrected chi connectivity index (χ2v) is 3.94. The van der Waals surface area contributed by atoms with Gasteiger partial charge >= 0.3 is 5.97 Å². The fourth-order valence-corrected chi connectivity index (χ4v) is 2.42. The molecule has 0 aromatic carbocycles. The number of methoxy groups -OCH3 is 3. The maximum absolute atomic E-state index is 12.1. The van der Waals surface area contributed by atoms with Crippen LogP contribution in [0.4, 0.5) is 0 Å². The summed E-state index contributed by atoms with van der Waals surface area (Å²) in [7, 11) is 4.09. The van der Waals surface area contributed by atoms with Crippen LogP contribution in [-0.2, 0) is 23.8 Å². The molecule has 5 heteroatoms. The minimum atomic E-state index is -1.41. The molecule has 3 aliphatic rings. The van der Waals surface area contributed by atoms with Gasteiger partial charge in [0, 0.05) is 19.8 Å². The Labute approximate surface area is 99.0 Å². The molecular formula is C12H14O5. The van der Waals surface area contributed by atoms with Crippen LogP contribution >= 0.6 is 0 Å². The van der Waals surface area contributed by atoms with Crippen LogP contribution in [0.15, 0.2) is 23.8 Å². The maximum Gasteiger partial charge on any atom is 0.334 e. The average Bonchev–Trinajstić information content (AvgIpc) is 2.39. The first-order valence-corrected chi connectivity index (χ1v) is 5.23. The number of ketones is 1. The van der Waals surface area contributed by atoms with Gasteiger partial charge in [-0.05, 0) is 0 Å². The van der Waals surface area contributed by atoms with Crippen LogP contribution in [0.25, 0.3) is 0 Å². The van der Waals surface area contributed by atoms with Crippen LogP contribution in [-0.4, -0.2) is 38.9 Å². The third-order valence-corrected chi connectivity index (χ3v) is 3.29. The Morgan fingerprint density at radius 3 is 2.41 bits per heavy atom. The lowest BCUT2D eigenvalue weighted by Gasteiger charge is -2.43. The molecule has 0 saturated carbocycles. The summed E-state index contributed by atoms with van der Waals surface area (Å²) in [6.45, 7) is 0. The van der Waals surface area contributed by atoms with E-state index in [9.17, 15) is 9.59 Å². The number of Topliss-reactive ketones (excluding diaryl/α,β-unsaturated/α-hetero) is 1. The van der Waals surface area contributed by atoms with Gasteiger partial charge in [-0.3, -0.25) is 4.79 Å². The van der Waals surface area contributed by atoms with Crippen molar-refractivity contribution in [1.82, 2.24) is 0 Å². The molecule has 3 aliphatic carbocycles. The van der Waals surface area contributed by atoms with Crippen molar-refractivity contribution in [3.8, 4) is 0 Å². The molecule has 5 nitrogen and oxygen atoms in total. The fourth-order valence-electron chi connectivity index (χ4n) is 2.42. The summed E-state index contributed by atoms with van der Waals surface area (Å²) in [4.78, 5) is 23.8. The van der Waals surface area contributed by atoms with Crippen molar-refractivity contribution >= 4 is 11.8 Å². The Hall–Kier alpha value is -1.46. The minimum Gasteiger partial charge on any atom is -0.466 e. The number of carbonyl (C=O) groups is 2. The molecule has 0 radical (unpaired) electrons. The van der Waals surface area contributed by atoms with Crippen LogP contribution in [0.5, 0.6) is 0 Å². The first kappa shape index (κ1) is 12.0. The second kappa shape index (κ2) is 4.09. The zero-order valence-electron chi connectivity index (χ0n) is 9.93. The van der Waals surface area contributed by atoms with Gasteiger partial charge in [-0.2, -0.15) is 0 Å². The Bertz CT molecular complexity index is 417. The molecule has 3 rings (SSSR count). The number of fused-ring (bicyclic) bond motifs is 1. The first-order valence-electron chi connectivity index (χ1n) is 5.23. The van der Waals surface area contributed by atoms with E-state index in [1.54, 1.807) is 18.2 Å². The highest BCUT2D eigenvalue weighted by Gasteiger charge is 2.55. The normalized spacial score (nSPS) is 29.1. The minimum absolute atomic E-state index is 0.192. The molecule has 0 fully saturated rings. The standard InChI is InChI=1S/C12H14O5/c1-15-11(14)8-6-7-4-5-9(8)12(16-2,17-3)10(7)13/h4-7,9H,1-3H3/t7-,9-/m1/s1. The van der Waals surface area contributed by atoms with Crippen LogP contribution in [0.2, 0.25) is 0 Å². The monoisotopic (exact) mass is 238 g/mol. The predicted octanol–water partition coefficient (Wildman–Crippen LogP) is 0.460. The van der Waals surface area contributed by atoms with E-state index in [0.717, 1.165) is 0 Å². The number of hydrogen-bond donors (Lipinski definition) is 0. The lowest BCUT2D eigenvalue weighted by molar-refractivity contribution is -0.224. The smallest absolute Gasteiger partial charge is 0.334 e. The molecule has 2 bridgehead atoms. The highest BCUT2D eigenvalue weighted by atomic mass is 16.7. The molecular weight excluding hydrogens is 224 g/mol. The molecule has 0 saturated heterocycles. The molecule has 0 amide bonds. The van der Waals surface area contributed by atoms with Crippen molar-refractivity contribution < 1.29 is 23.8 Å². The molecule has 0 heterocycles. The van der Waals surface area contributed by atoms with Gasteiger partial charge in [-0.15, -0.1) is 0 Å². The zero-order chi connectivity index (χ0) is 12.6. The van der Waals surface area contributed by atoms with E-state index in [1.807, 2.05) is 0 Å². The molecule has 17 heavy (non-hydrogen) atoms. The Kier molecular flexibility index (Phi) is 2.89. The molecule has 92 valence electrons. The van der Waals surface area contributed by atoms with Crippen molar-refractivity contribution in [1.29, 1.82) is 0 Å². The lowest BCUT2D eigenvalue weighted by Crippen LogP contribution is -2.57. The van der Waals surface area contributed by atoms with Gasteiger partial charge in [0.2, 0.25) is 11.6 Å². The van der Waals surface area contributed by atoms with Crippen molar-refractivity contribution in [2.24, 2.45) is 11.8 Å². The predicted molar refractivity (Wildman–Crippen MR) is 58.0 cm³/mol. The highest BCUT2D eigenvalue weighted by Crippen LogP contribution is 2.43. The number of esters is 1. The third-order valence-electron chi connectivity index (χ3n) is 3.29. The van der Waals surface area contributed by atoms with Gasteiger partial charge in [0.25, 0.3) is 0 Å². The van der Waals surface area contributed by atoms with E-state index in [2.05, 4.69) is 0 Å². The average molecular weight is 238 g/mol. The number of hydrogen-bond acceptors (Lipinski definition) is 5. The summed E-state index contributed by atoms with van der Waals surface area (Å²) in [6, 6.07) is 0. The van der Waals surface area contributed by atoms with Gasteiger partial charge in [0.1, 0.15) is 0 Å². The molecule has 0 spiro atoms. The largest absolute Gasteiger partial charge is 0.466 e. The van der Waals surface area contributed by atoms with E-state index < -0.39 is 23.6 Å². The zero-order valence-corrected chi connectivity index (χ0v) is 9.93. The first-order chi connectivity index (χ1) is 8.10. The number of allylic oxidation sites excluding steroid dienone is 2. The van der Waals surface area contributed by atoms with E-state index in [1.165, 1.54) is 21.3 Å². The van der Waals surface area contributed by atoms with Crippen molar-refractivity contribution in [2.75, 3.05) is 21.3 Å². The van der Waals surface area contributed by atoms with Crippen LogP contribution in [0, 0.1) is 11.8 Å². The van der Waals surface area contributed by atoms with Gasteiger partial charge < -0.3 is 14.2 Å². The van der Waals surface area contributed by atoms with Crippen LogP contribution in [0.1, 0.15) is 0 Å². The summed E-state index contributed by atoms with van der Waals surface area (Å²) in [6.07, 6.45) is 5.11. The molecule has 2 atom stereocenters. The van der Waals surface area contributed by atoms with Crippen molar-refractivity contribution in [3.63, 3.8) is 0 Å². The fraction of sp³-hybridized carbons (Fsp3) is 0.500. The van der Waals surface area contributed by atoms with E-state index in [0.29, 0.717) is 5.57 Å². The lowest BCUT2D eigenvalue weighted by atomic mass is 9.71. The SMILES string of the molecule is COC(=O)C1=C[C@H]2C=C[C@H]1C(OC)(OC)C2=O. The van der Waals surface area contributed by atoms with E-state index in [4.69, 9.17) is 14.2 Å². The number of carbonyl (C=O) groups excluding carboxylic acids is 2. The summed E-state index contributed by atoms with van der Waals surface area (Å²) >= 11 is 0. The topological polar surface area (TPSA) is 61.8 Å². The van der Waals surface area contributed by atoms with Crippen LogP contribution < -0.4 is 0 Å². The van der Waals surface area contributed by atoms with E-state index in [-0.39, 0.29) is 5.78 Å². The van der Waals surface area contributed by atoms with E-state index >= 15 is 0 Å². The molecule has 0 aromatic rings. The number of rotatable bonds is 3. The van der Waals surface area contributed by atoms with Gasteiger partial charge in [-0.1, -0.05) is 18.2 Å². The number of ether oxygens (including phenoxy) is 3. The highest BCUT2D eigenvalue weighted by molar-refractivity contribution is 6.01. The summed E-state index contributed by atoms with van der Waals surface area (Å²) in [5.41, 5.74) is 0.406. The molecule has 0 unspecified atom stereocenters. The van der Waals surface area contributed by atoms with Gasteiger partial charge in [0.05, 0.1) is 18.9 Å². The maximum atomic E-state index is 12.1. The summed E-state index contributed by atoms with van der Waals surface area (Å²) < 4.78 is 15.2. The quantitative estimate of drug-likeness (QED) is 0.406. The van der Waals surface area contributed by atoms with Crippen molar-refractivity contribution in [2.45, 2.75) is 5.79 Å². The third kappa shape index (κ3) is 1.46. The summed E-state index contributed by atoms with van der Waals surface area (Å²) in [5, 5.41) is 0. The molecule has 0 aromatic heterocycles. The Morgan fingerprint density at radius 2 is 1.88 bits per heavy atom. The Balaban J connectivity index is 2.49. The molecule has 0 N–H and O–H groups in total. The van der Waals surface area contributed by atoms with Gasteiger partial charge in [-0.25, -0.2) is 4.79 Å².